The maximum Gasteiger partial charge on any atom is 0.0169 e. The van der Waals surface area contributed by atoms with Crippen molar-refractivity contribution in [2.75, 3.05) is 19.6 Å². The summed E-state index contributed by atoms with van der Waals surface area (Å²) >= 11 is 0. The molecule has 3 fully saturated rings. The molecule has 0 radical (unpaired) electrons. The second-order valence-electron chi connectivity index (χ2n) is 7.91. The molecule has 3 aliphatic rings. The highest BCUT2D eigenvalue weighted by molar-refractivity contribution is 4.92. The summed E-state index contributed by atoms with van der Waals surface area (Å²) in [6, 6.07) is 1.48. The van der Waals surface area contributed by atoms with Crippen LogP contribution < -0.4 is 5.32 Å². The standard InChI is InChI=1S/C18H34N2/c1-16(15-20-13-5-2-6-14-20)19-17-7-11-18(12-8-17)9-3-4-10-18/h16-17,19H,2-15H2,1H3. The average molecular weight is 278 g/mol. The van der Waals surface area contributed by atoms with Gasteiger partial charge in [0.25, 0.3) is 0 Å². The van der Waals surface area contributed by atoms with Crippen molar-refractivity contribution in [1.82, 2.24) is 10.2 Å². The van der Waals surface area contributed by atoms with E-state index >= 15 is 0 Å². The normalized spacial score (nSPS) is 29.9. The maximum absolute atomic E-state index is 3.93. The molecule has 1 unspecified atom stereocenters. The van der Waals surface area contributed by atoms with E-state index in [1.165, 1.54) is 90.3 Å². The van der Waals surface area contributed by atoms with E-state index < -0.39 is 0 Å². The van der Waals surface area contributed by atoms with Gasteiger partial charge in [0.2, 0.25) is 0 Å². The monoisotopic (exact) mass is 278 g/mol. The fraction of sp³-hybridized carbons (Fsp3) is 1.00. The highest BCUT2D eigenvalue weighted by atomic mass is 15.2. The minimum atomic E-state index is 0.677. The lowest BCUT2D eigenvalue weighted by molar-refractivity contribution is 0.152. The molecule has 0 aromatic heterocycles. The van der Waals surface area contributed by atoms with E-state index in [2.05, 4.69) is 17.1 Å². The molecule has 116 valence electrons. The predicted octanol–water partition coefficient (Wildman–Crippen LogP) is 3.95. The Bertz CT molecular complexity index is 280. The summed E-state index contributed by atoms with van der Waals surface area (Å²) in [6.07, 6.45) is 16.2. The molecule has 1 heterocycles. The van der Waals surface area contributed by atoms with E-state index in [1.54, 1.807) is 0 Å². The summed E-state index contributed by atoms with van der Waals surface area (Å²) in [5, 5.41) is 3.93. The molecule has 2 aliphatic carbocycles. The van der Waals surface area contributed by atoms with Gasteiger partial charge in [0.05, 0.1) is 0 Å². The van der Waals surface area contributed by atoms with Crippen LogP contribution in [0.25, 0.3) is 0 Å². The van der Waals surface area contributed by atoms with Crippen LogP contribution in [-0.2, 0) is 0 Å². The average Bonchev–Trinajstić information content (AvgIpc) is 2.91. The van der Waals surface area contributed by atoms with E-state index in [-0.39, 0.29) is 0 Å². The van der Waals surface area contributed by atoms with Gasteiger partial charge in [0.15, 0.2) is 0 Å². The van der Waals surface area contributed by atoms with Gasteiger partial charge >= 0.3 is 0 Å². The number of rotatable bonds is 4. The van der Waals surface area contributed by atoms with Crippen LogP contribution in [0.5, 0.6) is 0 Å². The van der Waals surface area contributed by atoms with E-state index in [1.807, 2.05) is 0 Å². The number of hydrogen-bond acceptors (Lipinski definition) is 2. The van der Waals surface area contributed by atoms with Gasteiger partial charge in [0, 0.05) is 18.6 Å². The van der Waals surface area contributed by atoms with Gasteiger partial charge in [0.1, 0.15) is 0 Å². The first-order valence-electron chi connectivity index (χ1n) is 9.24. The zero-order valence-corrected chi connectivity index (χ0v) is 13.5. The number of hydrogen-bond donors (Lipinski definition) is 1. The topological polar surface area (TPSA) is 15.3 Å². The minimum Gasteiger partial charge on any atom is -0.310 e. The third-order valence-electron chi connectivity index (χ3n) is 6.21. The molecule has 1 saturated heterocycles. The molecule has 3 rings (SSSR count). The minimum absolute atomic E-state index is 0.677. The van der Waals surface area contributed by atoms with Gasteiger partial charge in [-0.25, -0.2) is 0 Å². The van der Waals surface area contributed by atoms with Gasteiger partial charge in [-0.2, -0.15) is 0 Å². The molecular formula is C18H34N2. The molecule has 0 amide bonds. The Morgan fingerprint density at radius 1 is 0.950 bits per heavy atom. The van der Waals surface area contributed by atoms with Crippen LogP contribution in [0.1, 0.15) is 77.6 Å². The summed E-state index contributed by atoms with van der Waals surface area (Å²) in [7, 11) is 0. The van der Waals surface area contributed by atoms with Crippen molar-refractivity contribution in [2.45, 2.75) is 89.6 Å². The number of nitrogens with zero attached hydrogens (tertiary/aromatic N) is 1. The second kappa shape index (κ2) is 6.79. The van der Waals surface area contributed by atoms with Crippen LogP contribution >= 0.6 is 0 Å². The number of piperidine rings is 1. The molecule has 0 bridgehead atoms. The molecule has 1 aliphatic heterocycles. The van der Waals surface area contributed by atoms with Crippen molar-refractivity contribution in [3.8, 4) is 0 Å². The molecule has 20 heavy (non-hydrogen) atoms. The van der Waals surface area contributed by atoms with Gasteiger partial charge in [-0.05, 0) is 76.8 Å². The van der Waals surface area contributed by atoms with Crippen molar-refractivity contribution in [2.24, 2.45) is 5.41 Å². The highest BCUT2D eigenvalue weighted by Crippen LogP contribution is 2.48. The Balaban J connectivity index is 1.38. The first-order valence-corrected chi connectivity index (χ1v) is 9.24. The first-order chi connectivity index (χ1) is 9.76. The van der Waals surface area contributed by atoms with Crippen molar-refractivity contribution in [3.63, 3.8) is 0 Å². The Labute approximate surface area is 125 Å². The molecule has 0 aromatic rings. The number of likely N-dealkylation sites (tertiary alicyclic amines) is 1. The van der Waals surface area contributed by atoms with Crippen molar-refractivity contribution in [3.05, 3.63) is 0 Å². The number of nitrogens with one attached hydrogen (secondary N) is 1. The highest BCUT2D eigenvalue weighted by Gasteiger charge is 2.37. The predicted molar refractivity (Wildman–Crippen MR) is 86.0 cm³/mol. The Morgan fingerprint density at radius 2 is 1.60 bits per heavy atom. The third-order valence-corrected chi connectivity index (χ3v) is 6.21. The fourth-order valence-electron chi connectivity index (χ4n) is 5.01. The van der Waals surface area contributed by atoms with Crippen LogP contribution in [0, 0.1) is 5.41 Å². The molecule has 2 saturated carbocycles. The molecule has 2 nitrogen and oxygen atoms in total. The van der Waals surface area contributed by atoms with Crippen LogP contribution in [0.15, 0.2) is 0 Å². The smallest absolute Gasteiger partial charge is 0.0169 e. The maximum atomic E-state index is 3.93. The quantitative estimate of drug-likeness (QED) is 0.837. The SMILES string of the molecule is CC(CN1CCCCC1)NC1CCC2(CCCC2)CC1. The molecule has 1 atom stereocenters. The van der Waals surface area contributed by atoms with Gasteiger partial charge < -0.3 is 10.2 Å². The summed E-state index contributed by atoms with van der Waals surface area (Å²) in [5.74, 6) is 0. The lowest BCUT2D eigenvalue weighted by Crippen LogP contribution is -2.47. The van der Waals surface area contributed by atoms with E-state index in [0.29, 0.717) is 6.04 Å². The van der Waals surface area contributed by atoms with Crippen LogP contribution in [0.4, 0.5) is 0 Å². The lowest BCUT2D eigenvalue weighted by Gasteiger charge is -2.39. The third kappa shape index (κ3) is 3.76. The zero-order valence-electron chi connectivity index (χ0n) is 13.5. The van der Waals surface area contributed by atoms with E-state index in [4.69, 9.17) is 0 Å². The summed E-state index contributed by atoms with van der Waals surface area (Å²) < 4.78 is 0. The van der Waals surface area contributed by atoms with E-state index in [9.17, 15) is 0 Å². The van der Waals surface area contributed by atoms with Crippen molar-refractivity contribution >= 4 is 0 Å². The van der Waals surface area contributed by atoms with Gasteiger partial charge in [-0.3, -0.25) is 0 Å². The molecular weight excluding hydrogens is 244 g/mol. The van der Waals surface area contributed by atoms with Crippen LogP contribution in [-0.4, -0.2) is 36.6 Å². The lowest BCUT2D eigenvalue weighted by atomic mass is 9.71. The van der Waals surface area contributed by atoms with Gasteiger partial charge in [-0.1, -0.05) is 19.3 Å². The van der Waals surface area contributed by atoms with Crippen LogP contribution in [0.2, 0.25) is 0 Å². The summed E-state index contributed by atoms with van der Waals surface area (Å²) in [6.45, 7) is 6.33. The second-order valence-corrected chi connectivity index (χ2v) is 7.91. The molecule has 0 aromatic carbocycles. The molecule has 1 N–H and O–H groups in total. The Hall–Kier alpha value is -0.0800. The largest absolute Gasteiger partial charge is 0.310 e. The molecule has 1 spiro atoms. The van der Waals surface area contributed by atoms with Gasteiger partial charge in [-0.15, -0.1) is 0 Å². The summed E-state index contributed by atoms with van der Waals surface area (Å²) in [4.78, 5) is 2.67. The fourth-order valence-corrected chi connectivity index (χ4v) is 5.01. The van der Waals surface area contributed by atoms with Crippen molar-refractivity contribution in [1.29, 1.82) is 0 Å². The zero-order chi connectivity index (χ0) is 13.8. The Kier molecular flexibility index (Phi) is 5.04. The van der Waals surface area contributed by atoms with Crippen molar-refractivity contribution < 1.29 is 0 Å². The molecule has 2 heteroatoms. The van der Waals surface area contributed by atoms with Crippen LogP contribution in [0.3, 0.4) is 0 Å². The van der Waals surface area contributed by atoms with E-state index in [0.717, 1.165) is 11.5 Å². The Morgan fingerprint density at radius 3 is 2.25 bits per heavy atom. The summed E-state index contributed by atoms with van der Waals surface area (Å²) in [5.41, 5.74) is 0.786. The first kappa shape index (κ1) is 14.8.